The Morgan fingerprint density at radius 3 is 2.50 bits per heavy atom. The van der Waals surface area contributed by atoms with Crippen molar-refractivity contribution in [3.05, 3.63) is 59.4 Å². The van der Waals surface area contributed by atoms with Crippen LogP contribution in [0.4, 0.5) is 4.39 Å². The molecular weight excluding hydrogens is 397 g/mol. The van der Waals surface area contributed by atoms with Crippen molar-refractivity contribution in [3.8, 4) is 17.1 Å². The van der Waals surface area contributed by atoms with Gasteiger partial charge < -0.3 is 0 Å². The molecule has 0 bridgehead atoms. The SMILES string of the molecule is CS(=O)(=O)CCSc1nnc(-c2ccccc2Cl)n1-c1ccccc1F. The van der Waals surface area contributed by atoms with Crippen LogP contribution in [-0.4, -0.2) is 40.9 Å². The van der Waals surface area contributed by atoms with Crippen LogP contribution in [0.15, 0.2) is 53.7 Å². The normalized spacial score (nSPS) is 11.7. The average Bonchev–Trinajstić information content (AvgIpc) is 2.98. The van der Waals surface area contributed by atoms with Gasteiger partial charge in [0, 0.05) is 17.6 Å². The Morgan fingerprint density at radius 2 is 1.81 bits per heavy atom. The summed E-state index contributed by atoms with van der Waals surface area (Å²) in [6.07, 6.45) is 1.17. The number of hydrogen-bond donors (Lipinski definition) is 0. The molecule has 0 N–H and O–H groups in total. The predicted octanol–water partition coefficient (Wildman–Crippen LogP) is 3.86. The summed E-state index contributed by atoms with van der Waals surface area (Å²) >= 11 is 7.47. The minimum atomic E-state index is -3.11. The number of halogens is 2. The van der Waals surface area contributed by atoms with Gasteiger partial charge in [-0.1, -0.05) is 47.6 Å². The Kier molecular flexibility index (Phi) is 5.64. The molecule has 1 heterocycles. The molecule has 0 unspecified atom stereocenters. The van der Waals surface area contributed by atoms with Crippen molar-refractivity contribution in [3.63, 3.8) is 0 Å². The molecule has 0 aliphatic carbocycles. The number of benzene rings is 2. The fourth-order valence-corrected chi connectivity index (χ4v) is 4.67. The molecule has 26 heavy (non-hydrogen) atoms. The predicted molar refractivity (Wildman–Crippen MR) is 102 cm³/mol. The molecule has 0 aliphatic heterocycles. The number of hydrogen-bond acceptors (Lipinski definition) is 5. The van der Waals surface area contributed by atoms with Crippen LogP contribution < -0.4 is 0 Å². The first-order valence-electron chi connectivity index (χ1n) is 7.62. The molecule has 136 valence electrons. The Morgan fingerprint density at radius 1 is 1.12 bits per heavy atom. The number of aromatic nitrogens is 3. The third-order valence-electron chi connectivity index (χ3n) is 3.53. The lowest BCUT2D eigenvalue weighted by Crippen LogP contribution is -2.07. The third kappa shape index (κ3) is 4.25. The van der Waals surface area contributed by atoms with Crippen LogP contribution in [0.3, 0.4) is 0 Å². The van der Waals surface area contributed by atoms with Crippen LogP contribution in [0.5, 0.6) is 0 Å². The van der Waals surface area contributed by atoms with E-state index in [0.29, 0.717) is 21.6 Å². The average molecular weight is 412 g/mol. The minimum Gasteiger partial charge on any atom is -0.267 e. The molecular formula is C17H15ClFN3O2S2. The lowest BCUT2D eigenvalue weighted by Gasteiger charge is -2.11. The molecule has 2 aromatic carbocycles. The van der Waals surface area contributed by atoms with Gasteiger partial charge in [-0.05, 0) is 24.3 Å². The van der Waals surface area contributed by atoms with Gasteiger partial charge >= 0.3 is 0 Å². The summed E-state index contributed by atoms with van der Waals surface area (Å²) < 4.78 is 38.7. The Hall–Kier alpha value is -1.90. The van der Waals surface area contributed by atoms with E-state index in [0.717, 1.165) is 0 Å². The lowest BCUT2D eigenvalue weighted by atomic mass is 10.2. The topological polar surface area (TPSA) is 64.8 Å². The Bertz CT molecular complexity index is 1040. The van der Waals surface area contributed by atoms with E-state index in [9.17, 15) is 12.8 Å². The molecule has 0 amide bonds. The van der Waals surface area contributed by atoms with E-state index in [-0.39, 0.29) is 17.2 Å². The maximum absolute atomic E-state index is 14.4. The second-order valence-corrected chi connectivity index (χ2v) is 9.28. The van der Waals surface area contributed by atoms with E-state index in [1.54, 1.807) is 47.0 Å². The van der Waals surface area contributed by atoms with Gasteiger partial charge in [0.15, 0.2) is 11.0 Å². The summed E-state index contributed by atoms with van der Waals surface area (Å²) in [5.74, 6) is 0.227. The zero-order valence-electron chi connectivity index (χ0n) is 13.8. The first kappa shape index (κ1) is 18.9. The quantitative estimate of drug-likeness (QED) is 0.576. The van der Waals surface area contributed by atoms with Crippen molar-refractivity contribution in [2.75, 3.05) is 17.8 Å². The highest BCUT2D eigenvalue weighted by Crippen LogP contribution is 2.32. The first-order chi connectivity index (χ1) is 12.4. The fourth-order valence-electron chi connectivity index (χ4n) is 2.31. The molecule has 1 aromatic heterocycles. The van der Waals surface area contributed by atoms with Gasteiger partial charge in [-0.15, -0.1) is 10.2 Å². The summed E-state index contributed by atoms with van der Waals surface area (Å²) in [6.45, 7) is 0. The first-order valence-corrected chi connectivity index (χ1v) is 11.0. The molecule has 0 atom stereocenters. The van der Waals surface area contributed by atoms with Crippen LogP contribution in [0.1, 0.15) is 0 Å². The summed E-state index contributed by atoms with van der Waals surface area (Å²) in [7, 11) is -3.11. The molecule has 0 radical (unpaired) electrons. The molecule has 3 rings (SSSR count). The van der Waals surface area contributed by atoms with Crippen molar-refractivity contribution < 1.29 is 12.8 Å². The van der Waals surface area contributed by atoms with Gasteiger partial charge in [-0.25, -0.2) is 12.8 Å². The largest absolute Gasteiger partial charge is 0.267 e. The number of nitrogens with zero attached hydrogens (tertiary/aromatic N) is 3. The lowest BCUT2D eigenvalue weighted by molar-refractivity contribution is 0.603. The van der Waals surface area contributed by atoms with E-state index >= 15 is 0 Å². The van der Waals surface area contributed by atoms with Crippen LogP contribution >= 0.6 is 23.4 Å². The monoisotopic (exact) mass is 411 g/mol. The van der Waals surface area contributed by atoms with E-state index in [4.69, 9.17) is 11.6 Å². The summed E-state index contributed by atoms with van der Waals surface area (Å²) in [6, 6.07) is 13.3. The van der Waals surface area contributed by atoms with Crippen molar-refractivity contribution >= 4 is 33.2 Å². The zero-order valence-corrected chi connectivity index (χ0v) is 16.2. The summed E-state index contributed by atoms with van der Waals surface area (Å²) in [5, 5.41) is 9.16. The highest BCUT2D eigenvalue weighted by molar-refractivity contribution is 8.00. The van der Waals surface area contributed by atoms with E-state index in [1.807, 2.05) is 0 Å². The molecule has 0 spiro atoms. The third-order valence-corrected chi connectivity index (χ3v) is 5.99. The minimum absolute atomic E-state index is 0.0107. The maximum atomic E-state index is 14.4. The summed E-state index contributed by atoms with van der Waals surface area (Å²) in [4.78, 5) is 0. The number of rotatable bonds is 6. The number of sulfone groups is 1. The van der Waals surface area contributed by atoms with Gasteiger partial charge in [0.1, 0.15) is 15.7 Å². The molecule has 0 aliphatic rings. The standard InChI is InChI=1S/C17H15ClFN3O2S2/c1-26(23,24)11-10-25-17-21-20-16(12-6-2-3-7-13(12)18)22(17)15-9-5-4-8-14(15)19/h2-9H,10-11H2,1H3. The number of para-hydroxylation sites is 1. The van der Waals surface area contributed by atoms with Gasteiger partial charge in [0.25, 0.3) is 0 Å². The van der Waals surface area contributed by atoms with Gasteiger partial charge in [0.2, 0.25) is 0 Å². The molecule has 0 saturated heterocycles. The van der Waals surface area contributed by atoms with Crippen molar-refractivity contribution in [1.29, 1.82) is 0 Å². The van der Waals surface area contributed by atoms with E-state index in [2.05, 4.69) is 10.2 Å². The molecule has 0 saturated carbocycles. The van der Waals surface area contributed by atoms with Gasteiger partial charge in [-0.2, -0.15) is 0 Å². The molecule has 0 fully saturated rings. The second-order valence-electron chi connectivity index (χ2n) is 5.55. The highest BCUT2D eigenvalue weighted by atomic mass is 35.5. The van der Waals surface area contributed by atoms with Gasteiger partial charge in [-0.3, -0.25) is 4.57 Å². The van der Waals surface area contributed by atoms with Crippen molar-refractivity contribution in [2.24, 2.45) is 0 Å². The van der Waals surface area contributed by atoms with Crippen LogP contribution in [0, 0.1) is 5.82 Å². The van der Waals surface area contributed by atoms with Crippen LogP contribution in [-0.2, 0) is 9.84 Å². The van der Waals surface area contributed by atoms with E-state index in [1.165, 1.54) is 24.1 Å². The Labute approximate surface area is 160 Å². The molecule has 9 heteroatoms. The summed E-state index contributed by atoms with van der Waals surface area (Å²) in [5.41, 5.74) is 0.883. The van der Waals surface area contributed by atoms with Crippen molar-refractivity contribution in [1.82, 2.24) is 14.8 Å². The smallest absolute Gasteiger partial charge is 0.196 e. The Balaban J connectivity index is 2.09. The zero-order chi connectivity index (χ0) is 18.7. The maximum Gasteiger partial charge on any atom is 0.196 e. The number of thioether (sulfide) groups is 1. The fraction of sp³-hybridized carbons (Fsp3) is 0.176. The highest BCUT2D eigenvalue weighted by Gasteiger charge is 2.20. The van der Waals surface area contributed by atoms with Crippen LogP contribution in [0.2, 0.25) is 5.02 Å². The molecule has 5 nitrogen and oxygen atoms in total. The van der Waals surface area contributed by atoms with Crippen LogP contribution in [0.25, 0.3) is 17.1 Å². The second kappa shape index (κ2) is 7.77. The molecule has 3 aromatic rings. The van der Waals surface area contributed by atoms with Gasteiger partial charge in [0.05, 0.1) is 16.5 Å². The van der Waals surface area contributed by atoms with E-state index < -0.39 is 15.7 Å². The van der Waals surface area contributed by atoms with Crippen molar-refractivity contribution in [2.45, 2.75) is 5.16 Å².